The predicted octanol–water partition coefficient (Wildman–Crippen LogP) is 3.08. The van der Waals surface area contributed by atoms with Gasteiger partial charge >= 0.3 is 0 Å². The lowest BCUT2D eigenvalue weighted by Crippen LogP contribution is -2.13. The first-order chi connectivity index (χ1) is 8.97. The maximum absolute atomic E-state index is 13.8. The van der Waals surface area contributed by atoms with Crippen LogP contribution in [0.3, 0.4) is 0 Å². The van der Waals surface area contributed by atoms with Crippen LogP contribution in [0.5, 0.6) is 0 Å². The quantitative estimate of drug-likeness (QED) is 0.855. The molecule has 0 aliphatic carbocycles. The van der Waals surface area contributed by atoms with Crippen molar-refractivity contribution in [1.29, 1.82) is 0 Å². The molecule has 1 heterocycles. The molecule has 1 aromatic carbocycles. The van der Waals surface area contributed by atoms with Crippen LogP contribution < -0.4 is 11.1 Å². The number of benzene rings is 1. The number of amides is 1. The van der Waals surface area contributed by atoms with Gasteiger partial charge in [0.15, 0.2) is 0 Å². The Labute approximate surface area is 119 Å². The highest BCUT2D eigenvalue weighted by molar-refractivity contribution is 7.80. The Kier molecular flexibility index (Phi) is 3.92. The molecule has 19 heavy (non-hydrogen) atoms. The molecule has 0 atom stereocenters. The Morgan fingerprint density at radius 3 is 2.63 bits per heavy atom. The van der Waals surface area contributed by atoms with Gasteiger partial charge in [-0.05, 0) is 37.3 Å². The molecule has 2 aromatic rings. The fourth-order valence-corrected chi connectivity index (χ4v) is 2.40. The normalized spacial score (nSPS) is 10.2. The van der Waals surface area contributed by atoms with Gasteiger partial charge in [0.2, 0.25) is 0 Å². The standard InChI is InChI=1S/C13H11FN2OS2/c1-7-2-5-11(19-7)13(17)16-10-4-3-8(12(15)18)6-9(10)14/h2-6H,1H3,(H2,15,18)(H,16,17). The lowest BCUT2D eigenvalue weighted by atomic mass is 10.2. The van der Waals surface area contributed by atoms with Crippen LogP contribution in [0.1, 0.15) is 20.1 Å². The van der Waals surface area contributed by atoms with E-state index in [1.807, 2.05) is 13.0 Å². The fraction of sp³-hybridized carbons (Fsp3) is 0.0769. The minimum Gasteiger partial charge on any atom is -0.389 e. The smallest absolute Gasteiger partial charge is 0.265 e. The molecule has 3 N–H and O–H groups in total. The molecule has 0 bridgehead atoms. The van der Waals surface area contributed by atoms with Gasteiger partial charge in [-0.3, -0.25) is 4.79 Å². The van der Waals surface area contributed by atoms with E-state index in [9.17, 15) is 9.18 Å². The van der Waals surface area contributed by atoms with Crippen LogP contribution in [0.15, 0.2) is 30.3 Å². The van der Waals surface area contributed by atoms with Crippen LogP contribution >= 0.6 is 23.6 Å². The number of thiophene rings is 1. The Balaban J connectivity index is 2.20. The minimum absolute atomic E-state index is 0.107. The summed E-state index contributed by atoms with van der Waals surface area (Å²) >= 11 is 6.11. The predicted molar refractivity (Wildman–Crippen MR) is 79.3 cm³/mol. The highest BCUT2D eigenvalue weighted by atomic mass is 32.1. The summed E-state index contributed by atoms with van der Waals surface area (Å²) in [6.45, 7) is 1.90. The molecule has 0 unspecified atom stereocenters. The molecule has 3 nitrogen and oxygen atoms in total. The highest BCUT2D eigenvalue weighted by Gasteiger charge is 2.11. The van der Waals surface area contributed by atoms with E-state index in [1.165, 1.54) is 23.5 Å². The summed E-state index contributed by atoms with van der Waals surface area (Å²) in [4.78, 5) is 13.6. The van der Waals surface area contributed by atoms with E-state index in [0.717, 1.165) is 4.88 Å². The van der Waals surface area contributed by atoms with E-state index in [-0.39, 0.29) is 16.6 Å². The second-order valence-electron chi connectivity index (χ2n) is 3.92. The molecular formula is C13H11FN2OS2. The zero-order chi connectivity index (χ0) is 14.0. The molecule has 1 amide bonds. The van der Waals surface area contributed by atoms with Crippen molar-refractivity contribution in [3.8, 4) is 0 Å². The first-order valence-electron chi connectivity index (χ1n) is 5.44. The summed E-state index contributed by atoms with van der Waals surface area (Å²) in [5, 5.41) is 2.52. The number of hydrogen-bond acceptors (Lipinski definition) is 3. The van der Waals surface area contributed by atoms with Crippen LogP contribution in [0.25, 0.3) is 0 Å². The van der Waals surface area contributed by atoms with Gasteiger partial charge in [0.25, 0.3) is 5.91 Å². The molecule has 0 saturated carbocycles. The van der Waals surface area contributed by atoms with Gasteiger partial charge in [0.05, 0.1) is 10.6 Å². The van der Waals surface area contributed by atoms with E-state index in [4.69, 9.17) is 18.0 Å². The number of rotatable bonds is 3. The van der Waals surface area contributed by atoms with E-state index >= 15 is 0 Å². The molecule has 0 fully saturated rings. The van der Waals surface area contributed by atoms with Crippen molar-refractivity contribution < 1.29 is 9.18 Å². The van der Waals surface area contributed by atoms with Gasteiger partial charge in [-0.25, -0.2) is 4.39 Å². The van der Waals surface area contributed by atoms with Crippen molar-refractivity contribution in [3.05, 3.63) is 51.5 Å². The van der Waals surface area contributed by atoms with Crippen molar-refractivity contribution in [2.24, 2.45) is 5.73 Å². The SMILES string of the molecule is Cc1ccc(C(=O)Nc2ccc(C(N)=S)cc2F)s1. The highest BCUT2D eigenvalue weighted by Crippen LogP contribution is 2.20. The van der Waals surface area contributed by atoms with E-state index in [0.29, 0.717) is 10.4 Å². The van der Waals surface area contributed by atoms with Crippen molar-refractivity contribution in [1.82, 2.24) is 0 Å². The van der Waals surface area contributed by atoms with Crippen molar-refractivity contribution in [2.75, 3.05) is 5.32 Å². The molecule has 0 spiro atoms. The number of aryl methyl sites for hydroxylation is 1. The van der Waals surface area contributed by atoms with Crippen molar-refractivity contribution in [2.45, 2.75) is 6.92 Å². The molecular weight excluding hydrogens is 283 g/mol. The van der Waals surface area contributed by atoms with E-state index in [2.05, 4.69) is 5.32 Å². The molecule has 0 aliphatic rings. The third-order valence-corrected chi connectivity index (χ3v) is 3.70. The van der Waals surface area contributed by atoms with Crippen LogP contribution in [-0.4, -0.2) is 10.9 Å². The Morgan fingerprint density at radius 2 is 2.11 bits per heavy atom. The Hall–Kier alpha value is -1.79. The summed E-state index contributed by atoms with van der Waals surface area (Å²) in [6, 6.07) is 7.77. The number of carbonyl (C=O) groups excluding carboxylic acids is 1. The third kappa shape index (κ3) is 3.15. The monoisotopic (exact) mass is 294 g/mol. The minimum atomic E-state index is -0.563. The number of nitrogens with one attached hydrogen (secondary N) is 1. The first kappa shape index (κ1) is 13.6. The van der Waals surface area contributed by atoms with E-state index < -0.39 is 5.82 Å². The summed E-state index contributed by atoms with van der Waals surface area (Å²) in [6.07, 6.45) is 0. The summed E-state index contributed by atoms with van der Waals surface area (Å²) in [5.41, 5.74) is 5.94. The maximum Gasteiger partial charge on any atom is 0.265 e. The number of thiocarbonyl (C=S) groups is 1. The molecule has 0 saturated heterocycles. The zero-order valence-electron chi connectivity index (χ0n) is 10.1. The lowest BCUT2D eigenvalue weighted by Gasteiger charge is -2.06. The van der Waals surface area contributed by atoms with Crippen LogP contribution in [0.4, 0.5) is 10.1 Å². The maximum atomic E-state index is 13.8. The van der Waals surface area contributed by atoms with Gasteiger partial charge in [0, 0.05) is 10.4 Å². The fourth-order valence-electron chi connectivity index (χ4n) is 1.51. The lowest BCUT2D eigenvalue weighted by molar-refractivity contribution is 0.103. The zero-order valence-corrected chi connectivity index (χ0v) is 11.7. The van der Waals surface area contributed by atoms with Crippen molar-refractivity contribution >= 4 is 40.1 Å². The van der Waals surface area contributed by atoms with Gasteiger partial charge in [-0.2, -0.15) is 0 Å². The van der Waals surface area contributed by atoms with Crippen molar-refractivity contribution in [3.63, 3.8) is 0 Å². The van der Waals surface area contributed by atoms with E-state index in [1.54, 1.807) is 12.1 Å². The molecule has 0 radical (unpaired) electrons. The number of nitrogens with two attached hydrogens (primary N) is 1. The second-order valence-corrected chi connectivity index (χ2v) is 5.65. The Bertz CT molecular complexity index is 652. The number of carbonyl (C=O) groups is 1. The number of halogens is 1. The van der Waals surface area contributed by atoms with Gasteiger partial charge in [-0.15, -0.1) is 11.3 Å². The Morgan fingerprint density at radius 1 is 1.37 bits per heavy atom. The van der Waals surface area contributed by atoms with Crippen LogP contribution in [0.2, 0.25) is 0 Å². The number of anilines is 1. The van der Waals surface area contributed by atoms with Gasteiger partial charge in [-0.1, -0.05) is 12.2 Å². The summed E-state index contributed by atoms with van der Waals surface area (Å²) < 4.78 is 13.8. The molecule has 1 aromatic heterocycles. The second kappa shape index (κ2) is 5.46. The molecule has 0 aliphatic heterocycles. The average Bonchev–Trinajstić information content (AvgIpc) is 2.78. The van der Waals surface area contributed by atoms with Gasteiger partial charge < -0.3 is 11.1 Å². The number of hydrogen-bond donors (Lipinski definition) is 2. The third-order valence-electron chi connectivity index (χ3n) is 2.47. The van der Waals surface area contributed by atoms with Crippen LogP contribution in [-0.2, 0) is 0 Å². The summed E-state index contributed by atoms with van der Waals surface area (Å²) in [7, 11) is 0. The largest absolute Gasteiger partial charge is 0.389 e. The molecule has 2 rings (SSSR count). The summed E-state index contributed by atoms with van der Waals surface area (Å²) in [5.74, 6) is -0.896. The topological polar surface area (TPSA) is 55.1 Å². The van der Waals surface area contributed by atoms with Gasteiger partial charge in [0.1, 0.15) is 10.8 Å². The molecule has 98 valence electrons. The first-order valence-corrected chi connectivity index (χ1v) is 6.67. The van der Waals surface area contributed by atoms with Crippen LogP contribution in [0, 0.1) is 12.7 Å². The average molecular weight is 294 g/mol. The molecule has 6 heteroatoms.